The minimum atomic E-state index is -0.354. The van der Waals surface area contributed by atoms with Gasteiger partial charge in [-0.2, -0.15) is 0 Å². The molecule has 3 rings (SSSR count). The van der Waals surface area contributed by atoms with Gasteiger partial charge in [-0.3, -0.25) is 19.4 Å². The number of imide groups is 1. The summed E-state index contributed by atoms with van der Waals surface area (Å²) >= 11 is 5.87. The quantitative estimate of drug-likeness (QED) is 0.844. The molecule has 1 atom stereocenters. The molecule has 5 nitrogen and oxygen atoms in total. The average molecular weight is 322 g/mol. The summed E-state index contributed by atoms with van der Waals surface area (Å²) in [6.07, 6.45) is 0.266. The Bertz CT molecular complexity index is 555. The van der Waals surface area contributed by atoms with Gasteiger partial charge in [-0.25, -0.2) is 0 Å². The topological polar surface area (TPSA) is 52.7 Å². The minimum Gasteiger partial charge on any atom is -0.314 e. The third-order valence-electron chi connectivity index (χ3n) is 4.37. The van der Waals surface area contributed by atoms with Crippen molar-refractivity contribution in [2.45, 2.75) is 12.3 Å². The fourth-order valence-electron chi connectivity index (χ4n) is 3.05. The number of piperazine rings is 1. The van der Waals surface area contributed by atoms with Gasteiger partial charge in [0.25, 0.3) is 0 Å². The lowest BCUT2D eigenvalue weighted by Crippen LogP contribution is -2.47. The van der Waals surface area contributed by atoms with E-state index in [-0.39, 0.29) is 24.2 Å². The number of halogens is 1. The second kappa shape index (κ2) is 6.77. The Balaban J connectivity index is 1.62. The second-order valence-electron chi connectivity index (χ2n) is 5.78. The molecule has 0 radical (unpaired) electrons. The molecule has 1 unspecified atom stereocenters. The SMILES string of the molecule is O=C1CC(c2ccc(Cl)cc2)C(=O)N1CCN1CCNCC1. The smallest absolute Gasteiger partial charge is 0.237 e. The van der Waals surface area contributed by atoms with Crippen LogP contribution in [-0.2, 0) is 9.59 Å². The summed E-state index contributed by atoms with van der Waals surface area (Å²) in [7, 11) is 0. The van der Waals surface area contributed by atoms with E-state index in [1.165, 1.54) is 4.90 Å². The van der Waals surface area contributed by atoms with Crippen LogP contribution in [0.4, 0.5) is 0 Å². The number of rotatable bonds is 4. The van der Waals surface area contributed by atoms with E-state index in [2.05, 4.69) is 10.2 Å². The van der Waals surface area contributed by atoms with E-state index in [0.29, 0.717) is 11.6 Å². The Morgan fingerprint density at radius 2 is 1.77 bits per heavy atom. The maximum atomic E-state index is 12.5. The third kappa shape index (κ3) is 3.32. The first-order chi connectivity index (χ1) is 10.6. The van der Waals surface area contributed by atoms with Crippen molar-refractivity contribution in [3.8, 4) is 0 Å². The molecule has 1 aromatic rings. The summed E-state index contributed by atoms with van der Waals surface area (Å²) < 4.78 is 0. The third-order valence-corrected chi connectivity index (χ3v) is 4.62. The fourth-order valence-corrected chi connectivity index (χ4v) is 3.18. The molecule has 22 heavy (non-hydrogen) atoms. The summed E-state index contributed by atoms with van der Waals surface area (Å²) in [5.41, 5.74) is 0.868. The van der Waals surface area contributed by atoms with Gasteiger partial charge >= 0.3 is 0 Å². The predicted molar refractivity (Wildman–Crippen MR) is 84.8 cm³/mol. The second-order valence-corrected chi connectivity index (χ2v) is 6.22. The van der Waals surface area contributed by atoms with Gasteiger partial charge < -0.3 is 5.32 Å². The lowest BCUT2D eigenvalue weighted by Gasteiger charge is -2.28. The standard InChI is InChI=1S/C16H20ClN3O2/c17-13-3-1-12(2-4-13)14-11-15(21)20(16(14)22)10-9-19-7-5-18-6-8-19/h1-4,14,18H,5-11H2. The minimum absolute atomic E-state index is 0.0694. The molecule has 2 fully saturated rings. The van der Waals surface area contributed by atoms with Gasteiger partial charge in [-0.05, 0) is 17.7 Å². The van der Waals surface area contributed by atoms with E-state index in [0.717, 1.165) is 38.3 Å². The number of nitrogens with zero attached hydrogens (tertiary/aromatic N) is 2. The Kier molecular flexibility index (Phi) is 4.76. The molecule has 2 amide bonds. The van der Waals surface area contributed by atoms with Crippen molar-refractivity contribution in [2.75, 3.05) is 39.3 Å². The highest BCUT2D eigenvalue weighted by Crippen LogP contribution is 2.30. The molecule has 0 aliphatic carbocycles. The van der Waals surface area contributed by atoms with E-state index in [1.54, 1.807) is 12.1 Å². The molecule has 2 aliphatic heterocycles. The van der Waals surface area contributed by atoms with Crippen LogP contribution in [0, 0.1) is 0 Å². The van der Waals surface area contributed by atoms with Gasteiger partial charge in [0, 0.05) is 50.7 Å². The molecule has 0 spiro atoms. The van der Waals surface area contributed by atoms with Gasteiger partial charge in [0.05, 0.1) is 5.92 Å². The van der Waals surface area contributed by atoms with Crippen molar-refractivity contribution in [2.24, 2.45) is 0 Å². The summed E-state index contributed by atoms with van der Waals surface area (Å²) in [6.45, 7) is 5.12. The zero-order chi connectivity index (χ0) is 15.5. The number of benzene rings is 1. The predicted octanol–water partition coefficient (Wildman–Crippen LogP) is 1.09. The number of likely N-dealkylation sites (tertiary alicyclic amines) is 1. The Hall–Kier alpha value is -1.43. The first-order valence-electron chi connectivity index (χ1n) is 7.68. The van der Waals surface area contributed by atoms with Crippen molar-refractivity contribution in [3.05, 3.63) is 34.9 Å². The average Bonchev–Trinajstić information content (AvgIpc) is 2.82. The molecular formula is C16H20ClN3O2. The van der Waals surface area contributed by atoms with Crippen molar-refractivity contribution in [1.29, 1.82) is 0 Å². The number of carbonyl (C=O) groups is 2. The first-order valence-corrected chi connectivity index (χ1v) is 8.05. The Morgan fingerprint density at radius 3 is 2.45 bits per heavy atom. The van der Waals surface area contributed by atoms with E-state index >= 15 is 0 Å². The van der Waals surface area contributed by atoms with Crippen LogP contribution in [0.3, 0.4) is 0 Å². The van der Waals surface area contributed by atoms with Crippen molar-refractivity contribution in [3.63, 3.8) is 0 Å². The number of hydrogen-bond acceptors (Lipinski definition) is 4. The molecular weight excluding hydrogens is 302 g/mol. The molecule has 2 aliphatic rings. The van der Waals surface area contributed by atoms with Gasteiger partial charge in [0.15, 0.2) is 0 Å². The zero-order valence-corrected chi connectivity index (χ0v) is 13.2. The lowest BCUT2D eigenvalue weighted by atomic mass is 9.98. The maximum absolute atomic E-state index is 12.5. The van der Waals surface area contributed by atoms with Crippen LogP contribution in [0.15, 0.2) is 24.3 Å². The molecule has 1 aromatic carbocycles. The van der Waals surface area contributed by atoms with Crippen LogP contribution in [-0.4, -0.2) is 60.9 Å². The molecule has 0 saturated carbocycles. The Labute approximate surface area is 135 Å². The molecule has 1 N–H and O–H groups in total. The van der Waals surface area contributed by atoms with E-state index in [4.69, 9.17) is 11.6 Å². The molecule has 0 aromatic heterocycles. The summed E-state index contributed by atoms with van der Waals surface area (Å²) in [4.78, 5) is 28.4. The van der Waals surface area contributed by atoms with Crippen LogP contribution >= 0.6 is 11.6 Å². The van der Waals surface area contributed by atoms with Crippen LogP contribution < -0.4 is 5.32 Å². The van der Waals surface area contributed by atoms with E-state index in [9.17, 15) is 9.59 Å². The fraction of sp³-hybridized carbons (Fsp3) is 0.500. The van der Waals surface area contributed by atoms with Crippen LogP contribution in [0.1, 0.15) is 17.9 Å². The van der Waals surface area contributed by atoms with Gasteiger partial charge in [-0.1, -0.05) is 23.7 Å². The number of hydrogen-bond donors (Lipinski definition) is 1. The van der Waals surface area contributed by atoms with Crippen molar-refractivity contribution >= 4 is 23.4 Å². The number of nitrogens with one attached hydrogen (secondary N) is 1. The summed E-state index contributed by atoms with van der Waals surface area (Å²) in [5.74, 6) is -0.504. The summed E-state index contributed by atoms with van der Waals surface area (Å²) in [6, 6.07) is 7.19. The monoisotopic (exact) mass is 321 g/mol. The number of carbonyl (C=O) groups excluding carboxylic acids is 2. The summed E-state index contributed by atoms with van der Waals surface area (Å²) in [5, 5.41) is 3.93. The van der Waals surface area contributed by atoms with Crippen LogP contribution in [0.25, 0.3) is 0 Å². The van der Waals surface area contributed by atoms with Crippen LogP contribution in [0.5, 0.6) is 0 Å². The molecule has 2 heterocycles. The molecule has 2 saturated heterocycles. The van der Waals surface area contributed by atoms with Crippen molar-refractivity contribution in [1.82, 2.24) is 15.1 Å². The molecule has 6 heteroatoms. The normalized spacial score (nSPS) is 23.3. The number of amides is 2. The molecule has 0 bridgehead atoms. The maximum Gasteiger partial charge on any atom is 0.237 e. The highest BCUT2D eigenvalue weighted by molar-refractivity contribution is 6.30. The Morgan fingerprint density at radius 1 is 1.09 bits per heavy atom. The van der Waals surface area contributed by atoms with Gasteiger partial charge in [0.1, 0.15) is 0 Å². The zero-order valence-electron chi connectivity index (χ0n) is 12.4. The van der Waals surface area contributed by atoms with Gasteiger partial charge in [-0.15, -0.1) is 0 Å². The highest BCUT2D eigenvalue weighted by Gasteiger charge is 2.39. The molecule has 118 valence electrons. The highest BCUT2D eigenvalue weighted by atomic mass is 35.5. The van der Waals surface area contributed by atoms with Gasteiger partial charge in [0.2, 0.25) is 11.8 Å². The van der Waals surface area contributed by atoms with E-state index < -0.39 is 0 Å². The van der Waals surface area contributed by atoms with E-state index in [1.807, 2.05) is 12.1 Å². The van der Waals surface area contributed by atoms with Crippen molar-refractivity contribution < 1.29 is 9.59 Å². The van der Waals surface area contributed by atoms with Crippen LogP contribution in [0.2, 0.25) is 5.02 Å². The lowest BCUT2D eigenvalue weighted by molar-refractivity contribution is -0.138. The first kappa shape index (κ1) is 15.5. The largest absolute Gasteiger partial charge is 0.314 e.